The highest BCUT2D eigenvalue weighted by Crippen LogP contribution is 2.08. The number of nitrogens with zero attached hydrogens (tertiary/aromatic N) is 3. The Morgan fingerprint density at radius 3 is 2.94 bits per heavy atom. The van der Waals surface area contributed by atoms with Gasteiger partial charge in [0.25, 0.3) is 0 Å². The van der Waals surface area contributed by atoms with E-state index in [9.17, 15) is 0 Å². The van der Waals surface area contributed by atoms with Crippen molar-refractivity contribution in [2.45, 2.75) is 6.54 Å². The van der Waals surface area contributed by atoms with Crippen molar-refractivity contribution in [2.24, 2.45) is 5.73 Å². The van der Waals surface area contributed by atoms with Crippen LogP contribution in [0, 0.1) is 0 Å². The zero-order chi connectivity index (χ0) is 11.9. The molecular formula is C11H20N4O2. The second kappa shape index (κ2) is 6.58. The third-order valence-corrected chi connectivity index (χ3v) is 2.75. The number of hydrogen-bond acceptors (Lipinski definition) is 5. The van der Waals surface area contributed by atoms with Crippen LogP contribution in [0.2, 0.25) is 0 Å². The molecule has 96 valence electrons. The van der Waals surface area contributed by atoms with Crippen molar-refractivity contribution in [3.05, 3.63) is 12.4 Å². The van der Waals surface area contributed by atoms with Crippen LogP contribution in [0.25, 0.3) is 0 Å². The normalized spacial score (nSPS) is 17.2. The maximum absolute atomic E-state index is 5.63. The Morgan fingerprint density at radius 2 is 2.18 bits per heavy atom. The fourth-order valence-electron chi connectivity index (χ4n) is 1.79. The lowest BCUT2D eigenvalue weighted by molar-refractivity contribution is 0.0322. The lowest BCUT2D eigenvalue weighted by Crippen LogP contribution is -2.38. The molecule has 0 spiro atoms. The molecule has 0 aromatic carbocycles. The van der Waals surface area contributed by atoms with Crippen LogP contribution in [0.5, 0.6) is 5.75 Å². The van der Waals surface area contributed by atoms with E-state index in [4.69, 9.17) is 15.2 Å². The van der Waals surface area contributed by atoms with Crippen molar-refractivity contribution in [1.29, 1.82) is 0 Å². The number of nitrogens with two attached hydrogens (primary N) is 1. The molecule has 0 atom stereocenters. The number of rotatable bonds is 6. The molecule has 2 N–H and O–H groups in total. The molecule has 1 aromatic rings. The molecule has 6 heteroatoms. The van der Waals surface area contributed by atoms with Gasteiger partial charge in [0.15, 0.2) is 5.75 Å². The summed E-state index contributed by atoms with van der Waals surface area (Å²) in [4.78, 5) is 2.34. The van der Waals surface area contributed by atoms with Gasteiger partial charge in [-0.25, -0.2) is 0 Å². The summed E-state index contributed by atoms with van der Waals surface area (Å²) in [7, 11) is 0. The predicted molar refractivity (Wildman–Crippen MR) is 64.0 cm³/mol. The lowest BCUT2D eigenvalue weighted by atomic mass is 10.4. The van der Waals surface area contributed by atoms with E-state index in [2.05, 4.69) is 10.00 Å². The predicted octanol–water partition coefficient (Wildman–Crippen LogP) is -0.447. The van der Waals surface area contributed by atoms with E-state index in [-0.39, 0.29) is 0 Å². The van der Waals surface area contributed by atoms with Gasteiger partial charge in [-0.15, -0.1) is 0 Å². The quantitative estimate of drug-likeness (QED) is 0.730. The van der Waals surface area contributed by atoms with Crippen LogP contribution in [0.3, 0.4) is 0 Å². The number of aromatic nitrogens is 2. The minimum absolute atomic E-state index is 0.592. The van der Waals surface area contributed by atoms with Gasteiger partial charge in [0.2, 0.25) is 0 Å². The summed E-state index contributed by atoms with van der Waals surface area (Å²) >= 11 is 0. The summed E-state index contributed by atoms with van der Waals surface area (Å²) in [5.41, 5.74) is 5.45. The molecule has 1 fully saturated rings. The van der Waals surface area contributed by atoms with E-state index in [1.165, 1.54) is 0 Å². The molecule has 0 aliphatic carbocycles. The van der Waals surface area contributed by atoms with Crippen LogP contribution in [0.15, 0.2) is 12.4 Å². The summed E-state index contributed by atoms with van der Waals surface area (Å²) < 4.78 is 12.7. The summed E-state index contributed by atoms with van der Waals surface area (Å²) in [5.74, 6) is 0.812. The number of hydrogen-bond donors (Lipinski definition) is 1. The number of morpholine rings is 1. The van der Waals surface area contributed by atoms with E-state index < -0.39 is 0 Å². The van der Waals surface area contributed by atoms with Crippen molar-refractivity contribution in [3.8, 4) is 5.75 Å². The third-order valence-electron chi connectivity index (χ3n) is 2.75. The van der Waals surface area contributed by atoms with Gasteiger partial charge in [-0.2, -0.15) is 5.10 Å². The average molecular weight is 240 g/mol. The number of ether oxygens (including phenoxy) is 2. The van der Waals surface area contributed by atoms with Crippen LogP contribution in [-0.4, -0.2) is 60.7 Å². The van der Waals surface area contributed by atoms with Gasteiger partial charge in [-0.05, 0) is 0 Å². The van der Waals surface area contributed by atoms with Crippen molar-refractivity contribution < 1.29 is 9.47 Å². The third kappa shape index (κ3) is 3.99. The van der Waals surface area contributed by atoms with E-state index in [0.29, 0.717) is 13.2 Å². The van der Waals surface area contributed by atoms with Gasteiger partial charge < -0.3 is 15.2 Å². The average Bonchev–Trinajstić information content (AvgIpc) is 2.79. The van der Waals surface area contributed by atoms with Crippen molar-refractivity contribution in [1.82, 2.24) is 14.7 Å². The minimum atomic E-state index is 0.592. The molecule has 1 saturated heterocycles. The Hall–Kier alpha value is -1.11. The van der Waals surface area contributed by atoms with E-state index in [0.717, 1.165) is 45.1 Å². The molecule has 17 heavy (non-hydrogen) atoms. The molecule has 2 rings (SSSR count). The van der Waals surface area contributed by atoms with Crippen LogP contribution in [-0.2, 0) is 11.3 Å². The standard InChI is InChI=1S/C11H20N4O2/c12-1-2-15-10-11(9-13-15)17-8-5-14-3-6-16-7-4-14/h9-10H,1-8,12H2. The second-order valence-corrected chi connectivity index (χ2v) is 4.03. The van der Waals surface area contributed by atoms with Gasteiger partial charge in [0.05, 0.1) is 32.2 Å². The summed E-state index contributed by atoms with van der Waals surface area (Å²) in [6, 6.07) is 0. The smallest absolute Gasteiger partial charge is 0.157 e. The molecule has 0 amide bonds. The molecular weight excluding hydrogens is 220 g/mol. The first-order valence-electron chi connectivity index (χ1n) is 6.04. The van der Waals surface area contributed by atoms with E-state index in [1.54, 1.807) is 10.9 Å². The first kappa shape index (κ1) is 12.3. The van der Waals surface area contributed by atoms with Crippen molar-refractivity contribution in [3.63, 3.8) is 0 Å². The minimum Gasteiger partial charge on any atom is -0.489 e. The van der Waals surface area contributed by atoms with Gasteiger partial charge in [-0.3, -0.25) is 9.58 Å². The lowest BCUT2D eigenvalue weighted by Gasteiger charge is -2.26. The first-order chi connectivity index (χ1) is 8.38. The van der Waals surface area contributed by atoms with E-state index >= 15 is 0 Å². The van der Waals surface area contributed by atoms with Gasteiger partial charge in [0, 0.05) is 26.2 Å². The van der Waals surface area contributed by atoms with Crippen LogP contribution < -0.4 is 10.5 Å². The Balaban J connectivity index is 1.66. The SMILES string of the molecule is NCCn1cc(OCCN2CCOCC2)cn1. The summed E-state index contributed by atoms with van der Waals surface area (Å²) in [6.45, 7) is 6.59. The van der Waals surface area contributed by atoms with Gasteiger partial charge in [-0.1, -0.05) is 0 Å². The molecule has 2 heterocycles. The Labute approximate surface area is 101 Å². The topological polar surface area (TPSA) is 65.5 Å². The molecule has 1 aliphatic rings. The fourth-order valence-corrected chi connectivity index (χ4v) is 1.79. The molecule has 0 unspecified atom stereocenters. The van der Waals surface area contributed by atoms with Gasteiger partial charge >= 0.3 is 0 Å². The molecule has 0 radical (unpaired) electrons. The molecule has 0 bridgehead atoms. The molecule has 1 aliphatic heterocycles. The molecule has 6 nitrogen and oxygen atoms in total. The second-order valence-electron chi connectivity index (χ2n) is 4.03. The highest BCUT2D eigenvalue weighted by Gasteiger charge is 2.09. The zero-order valence-electron chi connectivity index (χ0n) is 10.0. The zero-order valence-corrected chi connectivity index (χ0v) is 10.0. The molecule has 0 saturated carbocycles. The van der Waals surface area contributed by atoms with Crippen molar-refractivity contribution >= 4 is 0 Å². The molecule has 1 aromatic heterocycles. The van der Waals surface area contributed by atoms with Gasteiger partial charge in [0.1, 0.15) is 6.61 Å². The first-order valence-corrected chi connectivity index (χ1v) is 6.04. The maximum Gasteiger partial charge on any atom is 0.157 e. The van der Waals surface area contributed by atoms with Crippen LogP contribution >= 0.6 is 0 Å². The van der Waals surface area contributed by atoms with Crippen LogP contribution in [0.4, 0.5) is 0 Å². The maximum atomic E-state index is 5.63. The Morgan fingerprint density at radius 1 is 1.35 bits per heavy atom. The van der Waals surface area contributed by atoms with Crippen molar-refractivity contribution in [2.75, 3.05) is 46.0 Å². The largest absolute Gasteiger partial charge is 0.489 e. The summed E-state index contributed by atoms with van der Waals surface area (Å²) in [5, 5.41) is 4.15. The van der Waals surface area contributed by atoms with E-state index in [1.807, 2.05) is 6.20 Å². The Kier molecular flexibility index (Phi) is 4.78. The Bertz CT molecular complexity index is 323. The monoisotopic (exact) mass is 240 g/mol. The summed E-state index contributed by atoms with van der Waals surface area (Å²) in [6.07, 6.45) is 3.61. The highest BCUT2D eigenvalue weighted by molar-refractivity contribution is 5.11. The fraction of sp³-hybridized carbons (Fsp3) is 0.727. The highest BCUT2D eigenvalue weighted by atomic mass is 16.5. The van der Waals surface area contributed by atoms with Crippen LogP contribution in [0.1, 0.15) is 0 Å².